The van der Waals surface area contributed by atoms with E-state index in [4.69, 9.17) is 9.26 Å². The van der Waals surface area contributed by atoms with Gasteiger partial charge in [0.15, 0.2) is 0 Å². The standard InChI is InChI=1S/C22H20F3N3O3/c1-13(2)30-18-8-6-14(7-9-18)21(29)28-11-16(12-28)20-26-19(27-31-20)15-4-3-5-17(10-15)22(23,24)25/h3-10,13,16H,11-12H2,1-2H3. The van der Waals surface area contributed by atoms with Gasteiger partial charge in [-0.25, -0.2) is 0 Å². The molecule has 0 atom stereocenters. The Morgan fingerprint density at radius 3 is 2.52 bits per heavy atom. The van der Waals surface area contributed by atoms with Crippen LogP contribution in [0.1, 0.15) is 41.6 Å². The highest BCUT2D eigenvalue weighted by Crippen LogP contribution is 2.33. The average molecular weight is 431 g/mol. The number of rotatable bonds is 5. The Kier molecular flexibility index (Phi) is 5.43. The number of carbonyl (C=O) groups excluding carboxylic acids is 1. The van der Waals surface area contributed by atoms with Crippen LogP contribution in [0.2, 0.25) is 0 Å². The molecule has 6 nitrogen and oxygen atoms in total. The number of hydrogen-bond donors (Lipinski definition) is 0. The maximum atomic E-state index is 12.9. The number of aromatic nitrogens is 2. The number of alkyl halides is 3. The monoisotopic (exact) mass is 431 g/mol. The summed E-state index contributed by atoms with van der Waals surface area (Å²) in [5.74, 6) is 0.814. The Balaban J connectivity index is 1.39. The largest absolute Gasteiger partial charge is 0.491 e. The highest BCUT2D eigenvalue weighted by molar-refractivity contribution is 5.95. The summed E-state index contributed by atoms with van der Waals surface area (Å²) in [4.78, 5) is 18.5. The van der Waals surface area contributed by atoms with Crippen LogP contribution < -0.4 is 4.74 Å². The van der Waals surface area contributed by atoms with Gasteiger partial charge >= 0.3 is 6.18 Å². The maximum Gasteiger partial charge on any atom is 0.416 e. The molecule has 2 heterocycles. The van der Waals surface area contributed by atoms with Crippen LogP contribution >= 0.6 is 0 Å². The van der Waals surface area contributed by atoms with Gasteiger partial charge in [0.1, 0.15) is 5.75 Å². The van der Waals surface area contributed by atoms with Crippen LogP contribution in [-0.4, -0.2) is 40.1 Å². The van der Waals surface area contributed by atoms with Crippen molar-refractivity contribution in [1.29, 1.82) is 0 Å². The van der Waals surface area contributed by atoms with E-state index in [-0.39, 0.29) is 29.3 Å². The van der Waals surface area contributed by atoms with Crippen molar-refractivity contribution in [3.63, 3.8) is 0 Å². The molecule has 0 spiro atoms. The van der Waals surface area contributed by atoms with E-state index in [9.17, 15) is 18.0 Å². The first-order chi connectivity index (χ1) is 14.7. The molecule has 4 rings (SSSR count). The molecular weight excluding hydrogens is 411 g/mol. The number of hydrogen-bond acceptors (Lipinski definition) is 5. The van der Waals surface area contributed by atoms with Crippen LogP contribution in [-0.2, 0) is 6.18 Å². The van der Waals surface area contributed by atoms with E-state index in [1.807, 2.05) is 13.8 Å². The molecule has 0 N–H and O–H groups in total. The van der Waals surface area contributed by atoms with E-state index in [1.165, 1.54) is 12.1 Å². The van der Waals surface area contributed by atoms with Crippen LogP contribution in [0.4, 0.5) is 13.2 Å². The second-order valence-electron chi connectivity index (χ2n) is 7.63. The van der Waals surface area contributed by atoms with Crippen molar-refractivity contribution in [2.45, 2.75) is 32.0 Å². The topological polar surface area (TPSA) is 68.5 Å². The molecule has 0 aliphatic carbocycles. The summed E-state index contributed by atoms with van der Waals surface area (Å²) in [6, 6.07) is 11.7. The zero-order valence-electron chi connectivity index (χ0n) is 16.9. The molecule has 1 amide bonds. The van der Waals surface area contributed by atoms with Gasteiger partial charge in [0.25, 0.3) is 5.91 Å². The Morgan fingerprint density at radius 2 is 1.87 bits per heavy atom. The molecule has 0 saturated carbocycles. The van der Waals surface area contributed by atoms with Crippen molar-refractivity contribution in [3.05, 3.63) is 65.5 Å². The molecule has 1 fully saturated rings. The lowest BCUT2D eigenvalue weighted by Gasteiger charge is -2.37. The van der Waals surface area contributed by atoms with Crippen molar-refractivity contribution in [1.82, 2.24) is 15.0 Å². The van der Waals surface area contributed by atoms with Crippen LogP contribution in [0.3, 0.4) is 0 Å². The molecule has 0 radical (unpaired) electrons. The molecule has 1 aliphatic rings. The Bertz CT molecular complexity index is 1070. The van der Waals surface area contributed by atoms with E-state index in [1.54, 1.807) is 29.2 Å². The van der Waals surface area contributed by atoms with E-state index < -0.39 is 11.7 Å². The van der Waals surface area contributed by atoms with Crippen molar-refractivity contribution in [2.24, 2.45) is 0 Å². The molecule has 0 unspecified atom stereocenters. The fourth-order valence-electron chi connectivity index (χ4n) is 3.28. The average Bonchev–Trinajstić information content (AvgIpc) is 3.16. The highest BCUT2D eigenvalue weighted by Gasteiger charge is 2.36. The van der Waals surface area contributed by atoms with Crippen LogP contribution in [0.5, 0.6) is 5.75 Å². The first-order valence-electron chi connectivity index (χ1n) is 9.78. The normalized spacial score (nSPS) is 14.6. The highest BCUT2D eigenvalue weighted by atomic mass is 19.4. The summed E-state index contributed by atoms with van der Waals surface area (Å²) < 4.78 is 49.5. The third kappa shape index (κ3) is 4.55. The van der Waals surface area contributed by atoms with Gasteiger partial charge in [0.05, 0.1) is 17.6 Å². The van der Waals surface area contributed by atoms with Crippen LogP contribution in [0.25, 0.3) is 11.4 Å². The molecular formula is C22H20F3N3O3. The fraction of sp³-hybridized carbons (Fsp3) is 0.318. The van der Waals surface area contributed by atoms with E-state index >= 15 is 0 Å². The van der Waals surface area contributed by atoms with Gasteiger partial charge in [-0.15, -0.1) is 0 Å². The Hall–Kier alpha value is -3.36. The number of likely N-dealkylation sites (tertiary alicyclic amines) is 1. The molecule has 1 saturated heterocycles. The molecule has 0 bridgehead atoms. The third-order valence-corrected chi connectivity index (χ3v) is 4.88. The molecule has 31 heavy (non-hydrogen) atoms. The number of nitrogens with zero attached hydrogens (tertiary/aromatic N) is 3. The molecule has 162 valence electrons. The summed E-state index contributed by atoms with van der Waals surface area (Å²) >= 11 is 0. The van der Waals surface area contributed by atoms with E-state index in [0.717, 1.165) is 12.1 Å². The number of amides is 1. The van der Waals surface area contributed by atoms with Gasteiger partial charge in [-0.2, -0.15) is 18.2 Å². The van der Waals surface area contributed by atoms with Crippen molar-refractivity contribution in [2.75, 3.05) is 13.1 Å². The number of carbonyl (C=O) groups is 1. The zero-order chi connectivity index (χ0) is 22.2. The summed E-state index contributed by atoms with van der Waals surface area (Å²) in [7, 11) is 0. The number of benzene rings is 2. The molecule has 9 heteroatoms. The fourth-order valence-corrected chi connectivity index (χ4v) is 3.28. The predicted octanol–water partition coefficient (Wildman–Crippen LogP) is 4.78. The SMILES string of the molecule is CC(C)Oc1ccc(C(=O)N2CC(c3nc(-c4cccc(C(F)(F)F)c4)no3)C2)cc1. The van der Waals surface area contributed by atoms with Gasteiger partial charge in [-0.3, -0.25) is 4.79 Å². The molecule has 1 aliphatic heterocycles. The number of halogens is 3. The Labute approximate surface area is 176 Å². The summed E-state index contributed by atoms with van der Waals surface area (Å²) in [6.07, 6.45) is -4.40. The first-order valence-corrected chi connectivity index (χ1v) is 9.78. The summed E-state index contributed by atoms with van der Waals surface area (Å²) in [5, 5.41) is 3.80. The minimum absolute atomic E-state index is 0.0490. The lowest BCUT2D eigenvalue weighted by Crippen LogP contribution is -2.48. The minimum Gasteiger partial charge on any atom is -0.491 e. The van der Waals surface area contributed by atoms with E-state index in [0.29, 0.717) is 30.3 Å². The van der Waals surface area contributed by atoms with Crippen LogP contribution in [0.15, 0.2) is 53.1 Å². The number of ether oxygens (including phenoxy) is 1. The van der Waals surface area contributed by atoms with Crippen LogP contribution in [0, 0.1) is 0 Å². The second kappa shape index (κ2) is 8.05. The molecule has 1 aromatic heterocycles. The van der Waals surface area contributed by atoms with Gasteiger partial charge in [0, 0.05) is 24.2 Å². The van der Waals surface area contributed by atoms with Crippen molar-refractivity contribution >= 4 is 5.91 Å². The van der Waals surface area contributed by atoms with Gasteiger partial charge in [0.2, 0.25) is 11.7 Å². The maximum absolute atomic E-state index is 12.9. The van der Waals surface area contributed by atoms with Gasteiger partial charge in [-0.05, 0) is 50.2 Å². The smallest absolute Gasteiger partial charge is 0.416 e. The Morgan fingerprint density at radius 1 is 1.16 bits per heavy atom. The first kappa shape index (κ1) is 20.9. The quantitative estimate of drug-likeness (QED) is 0.582. The summed E-state index contributed by atoms with van der Waals surface area (Å²) in [6.45, 7) is 4.64. The lowest BCUT2D eigenvalue weighted by atomic mass is 9.98. The molecule has 3 aromatic rings. The zero-order valence-corrected chi connectivity index (χ0v) is 16.9. The summed E-state index contributed by atoms with van der Waals surface area (Å²) in [5.41, 5.74) is -0.00731. The predicted molar refractivity (Wildman–Crippen MR) is 106 cm³/mol. The lowest BCUT2D eigenvalue weighted by molar-refractivity contribution is -0.137. The van der Waals surface area contributed by atoms with Gasteiger partial charge < -0.3 is 14.2 Å². The third-order valence-electron chi connectivity index (χ3n) is 4.88. The van der Waals surface area contributed by atoms with Crippen molar-refractivity contribution in [3.8, 4) is 17.1 Å². The molecule has 2 aromatic carbocycles. The van der Waals surface area contributed by atoms with Crippen molar-refractivity contribution < 1.29 is 27.2 Å². The second-order valence-corrected chi connectivity index (χ2v) is 7.63. The van der Waals surface area contributed by atoms with E-state index in [2.05, 4.69) is 10.1 Å². The van der Waals surface area contributed by atoms with Gasteiger partial charge in [-0.1, -0.05) is 17.3 Å². The minimum atomic E-state index is -4.45.